The lowest BCUT2D eigenvalue weighted by molar-refractivity contribution is -0.138. The van der Waals surface area contributed by atoms with Crippen LogP contribution < -0.4 is 19.6 Å². The van der Waals surface area contributed by atoms with Crippen LogP contribution in [0.1, 0.15) is 66.8 Å². The van der Waals surface area contributed by atoms with Crippen LogP contribution in [0.15, 0.2) is 206 Å². The molecule has 16 heteroatoms. The molecule has 92 heavy (non-hydrogen) atoms. The first-order valence-electron chi connectivity index (χ1n) is 29.4. The molecule has 466 valence electrons. The van der Waals surface area contributed by atoms with E-state index in [0.717, 1.165) is 93.0 Å². The van der Waals surface area contributed by atoms with Gasteiger partial charge in [0.25, 0.3) is 0 Å². The lowest BCUT2D eigenvalue weighted by Crippen LogP contribution is -2.18. The van der Waals surface area contributed by atoms with Crippen molar-refractivity contribution in [2.24, 2.45) is 0 Å². The van der Waals surface area contributed by atoms with Crippen molar-refractivity contribution in [3.05, 3.63) is 273 Å². The van der Waals surface area contributed by atoms with E-state index in [2.05, 4.69) is 0 Å². The standard InChI is InChI=1S/C76H58F12N4/c1-43-13-9-14-44(2)69(43)89(55-29-21-51(22-30-55)73(77,78)79)63-41-64(90(70-45(3)15-10-16-46(70)4)56-31-23-52(24-32-56)74(80,81)82)60-39-40-62-66(92(72-49(7)19-12-20-50(72)8)58-35-27-54(28-36-58)76(86,87)88)42-65(61-38-37-59(63)67(60)68(61)62)91(71-47(5)17-11-18-48(71)6)57-33-25-53(26-34-57)75(83,84)85/h9-42H,1-8H3. The molecule has 0 aromatic heterocycles. The summed E-state index contributed by atoms with van der Waals surface area (Å²) in [4.78, 5) is 7.53. The molecule has 12 aromatic carbocycles. The van der Waals surface area contributed by atoms with Gasteiger partial charge in [0, 0.05) is 55.1 Å². The molecule has 0 bridgehead atoms. The lowest BCUT2D eigenvalue weighted by Gasteiger charge is -2.36. The van der Waals surface area contributed by atoms with E-state index >= 15 is 0 Å². The van der Waals surface area contributed by atoms with Crippen LogP contribution in [-0.4, -0.2) is 0 Å². The molecule has 0 fully saturated rings. The SMILES string of the molecule is Cc1cccc(C)c1N(c1ccc(C(F)(F)F)cc1)c1cc(N(c2ccc(C(F)(F)F)cc2)c2c(C)cccc2C)c2ccc3c(N(c4ccc(C(F)(F)F)cc4)c4c(C)cccc4C)cc(N(c4ccc(C(F)(F)F)cc4)c4c(C)cccc4C)c4ccc1c2c43. The monoisotopic (exact) mass is 1250 g/mol. The Morgan fingerprint density at radius 3 is 0.533 bits per heavy atom. The van der Waals surface area contributed by atoms with Crippen molar-refractivity contribution in [2.45, 2.75) is 80.1 Å². The summed E-state index contributed by atoms with van der Waals surface area (Å²) in [5, 5.41) is 3.27. The van der Waals surface area contributed by atoms with Crippen LogP contribution in [0.3, 0.4) is 0 Å². The van der Waals surface area contributed by atoms with E-state index in [9.17, 15) is 52.7 Å². The summed E-state index contributed by atoms with van der Waals surface area (Å²) in [6.45, 7) is 15.1. The smallest absolute Gasteiger partial charge is 0.309 e. The Morgan fingerprint density at radius 2 is 0.380 bits per heavy atom. The maximum atomic E-state index is 14.6. The molecular weight excluding hydrogens is 1200 g/mol. The molecule has 12 rings (SSSR count). The Kier molecular flexibility index (Phi) is 15.6. The second-order valence-corrected chi connectivity index (χ2v) is 23.4. The van der Waals surface area contributed by atoms with E-state index in [-0.39, 0.29) is 0 Å². The minimum atomic E-state index is -4.71. The fourth-order valence-corrected chi connectivity index (χ4v) is 13.0. The molecule has 0 aliphatic carbocycles. The van der Waals surface area contributed by atoms with E-state index in [4.69, 9.17) is 0 Å². The average molecular weight is 1260 g/mol. The maximum Gasteiger partial charge on any atom is 0.416 e. The molecule has 0 aliphatic rings. The van der Waals surface area contributed by atoms with E-state index in [1.54, 1.807) is 0 Å². The minimum absolute atomic E-state index is 0.318. The highest BCUT2D eigenvalue weighted by Crippen LogP contribution is 2.57. The quantitative estimate of drug-likeness (QED) is 0.0893. The third-order valence-corrected chi connectivity index (χ3v) is 17.2. The van der Waals surface area contributed by atoms with Gasteiger partial charge in [-0.15, -0.1) is 0 Å². The summed E-state index contributed by atoms with van der Waals surface area (Å²) >= 11 is 0. The van der Waals surface area contributed by atoms with Gasteiger partial charge in [-0.25, -0.2) is 0 Å². The number of aryl methyl sites for hydroxylation is 8. The van der Waals surface area contributed by atoms with Gasteiger partial charge >= 0.3 is 24.7 Å². The van der Waals surface area contributed by atoms with Gasteiger partial charge in [-0.3, -0.25) is 0 Å². The summed E-state index contributed by atoms with van der Waals surface area (Å²) in [7, 11) is 0. The van der Waals surface area contributed by atoms with Gasteiger partial charge in [0.1, 0.15) is 0 Å². The Morgan fingerprint density at radius 1 is 0.217 bits per heavy atom. The molecule has 0 saturated heterocycles. The minimum Gasteiger partial charge on any atom is -0.309 e. The molecule has 0 heterocycles. The highest BCUT2D eigenvalue weighted by molar-refractivity contribution is 6.33. The molecule has 0 radical (unpaired) electrons. The summed E-state index contributed by atoms with van der Waals surface area (Å²) in [5.41, 5.74) is 7.69. The first-order valence-corrected chi connectivity index (χ1v) is 29.4. The van der Waals surface area contributed by atoms with E-state index < -0.39 is 47.0 Å². The number of anilines is 12. The van der Waals surface area contributed by atoms with Crippen LogP contribution in [-0.2, 0) is 24.7 Å². The predicted octanol–water partition coefficient (Wildman–Crippen LogP) is 25.0. The molecule has 0 spiro atoms. The number of alkyl halides is 12. The highest BCUT2D eigenvalue weighted by Gasteiger charge is 2.37. The third kappa shape index (κ3) is 11.1. The highest BCUT2D eigenvalue weighted by atomic mass is 19.4. The maximum absolute atomic E-state index is 14.6. The van der Waals surface area contributed by atoms with Crippen LogP contribution in [0.4, 0.5) is 121 Å². The van der Waals surface area contributed by atoms with Gasteiger partial charge in [0.15, 0.2) is 0 Å². The van der Waals surface area contributed by atoms with Gasteiger partial charge in [0.2, 0.25) is 0 Å². The Balaban J connectivity index is 1.33. The zero-order valence-electron chi connectivity index (χ0n) is 51.0. The molecule has 0 saturated carbocycles. The number of halogens is 12. The van der Waals surface area contributed by atoms with Crippen LogP contribution in [0.2, 0.25) is 0 Å². The second-order valence-electron chi connectivity index (χ2n) is 23.4. The topological polar surface area (TPSA) is 13.0 Å². The summed E-state index contributed by atoms with van der Waals surface area (Å²) in [5.74, 6) is 0. The summed E-state index contributed by atoms with van der Waals surface area (Å²) in [6.07, 6.45) is -18.8. The van der Waals surface area contributed by atoms with Crippen molar-refractivity contribution in [3.8, 4) is 0 Å². The fourth-order valence-electron chi connectivity index (χ4n) is 13.0. The zero-order valence-corrected chi connectivity index (χ0v) is 51.0. The molecular formula is C76H58F12N4. The van der Waals surface area contributed by atoms with Crippen molar-refractivity contribution in [3.63, 3.8) is 0 Å². The summed E-state index contributed by atoms with van der Waals surface area (Å²) in [6, 6.07) is 53.0. The lowest BCUT2D eigenvalue weighted by atomic mass is 9.88. The van der Waals surface area contributed by atoms with Crippen molar-refractivity contribution < 1.29 is 52.7 Å². The van der Waals surface area contributed by atoms with Gasteiger partial charge < -0.3 is 19.6 Å². The Hall–Kier alpha value is -9.96. The van der Waals surface area contributed by atoms with Crippen molar-refractivity contribution in [1.29, 1.82) is 0 Å². The molecule has 0 aliphatic heterocycles. The van der Waals surface area contributed by atoms with E-state index in [1.165, 1.54) is 48.5 Å². The number of nitrogens with zero attached hydrogens (tertiary/aromatic N) is 4. The number of hydrogen-bond donors (Lipinski definition) is 0. The van der Waals surface area contributed by atoms with Gasteiger partial charge in [0.05, 0.1) is 67.8 Å². The fraction of sp³-hybridized carbons (Fsp3) is 0.158. The zero-order chi connectivity index (χ0) is 65.7. The molecule has 0 N–H and O–H groups in total. The predicted molar refractivity (Wildman–Crippen MR) is 347 cm³/mol. The van der Waals surface area contributed by atoms with Crippen molar-refractivity contribution in [2.75, 3.05) is 19.6 Å². The number of para-hydroxylation sites is 4. The van der Waals surface area contributed by atoms with E-state index in [0.29, 0.717) is 101 Å². The normalized spacial score (nSPS) is 12.3. The first kappa shape index (κ1) is 62.2. The average Bonchev–Trinajstić information content (AvgIpc) is 0.699. The molecule has 0 unspecified atom stereocenters. The van der Waals surface area contributed by atoms with Gasteiger partial charge in [-0.1, -0.05) is 97.1 Å². The van der Waals surface area contributed by atoms with Gasteiger partial charge in [-0.05, 0) is 209 Å². The molecule has 0 amide bonds. The number of benzene rings is 12. The van der Waals surface area contributed by atoms with Crippen molar-refractivity contribution >= 4 is 101 Å². The Labute approximate surface area is 523 Å². The van der Waals surface area contributed by atoms with Crippen LogP contribution in [0.25, 0.3) is 32.3 Å². The molecule has 12 aromatic rings. The molecule has 4 nitrogen and oxygen atoms in total. The molecule has 0 atom stereocenters. The second kappa shape index (κ2) is 23.1. The van der Waals surface area contributed by atoms with E-state index in [1.807, 2.05) is 184 Å². The summed E-state index contributed by atoms with van der Waals surface area (Å²) < 4.78 is 175. The van der Waals surface area contributed by atoms with Crippen molar-refractivity contribution in [1.82, 2.24) is 0 Å². The third-order valence-electron chi connectivity index (χ3n) is 17.2. The first-order chi connectivity index (χ1) is 43.5. The van der Waals surface area contributed by atoms with Crippen LogP contribution in [0.5, 0.6) is 0 Å². The van der Waals surface area contributed by atoms with Crippen LogP contribution >= 0.6 is 0 Å². The number of hydrogen-bond acceptors (Lipinski definition) is 4. The Bertz CT molecular complexity index is 4100. The number of rotatable bonds is 12. The largest absolute Gasteiger partial charge is 0.416 e. The van der Waals surface area contributed by atoms with Crippen LogP contribution in [0, 0.1) is 55.4 Å². The van der Waals surface area contributed by atoms with Gasteiger partial charge in [-0.2, -0.15) is 52.7 Å².